The fraction of sp³-hybridized carbons (Fsp3) is 0.304. The maximum absolute atomic E-state index is 10.5. The van der Waals surface area contributed by atoms with E-state index in [1.165, 1.54) is 4.88 Å². The monoisotopic (exact) mass is 398 g/mol. The Labute approximate surface area is 170 Å². The van der Waals surface area contributed by atoms with Crippen LogP contribution >= 0.6 is 11.3 Å². The molecule has 0 spiro atoms. The van der Waals surface area contributed by atoms with Gasteiger partial charge < -0.3 is 19.9 Å². The zero-order chi connectivity index (χ0) is 19.8. The Morgan fingerprint density at radius 1 is 1.00 bits per heavy atom. The lowest BCUT2D eigenvalue weighted by Crippen LogP contribution is -2.88. The first-order chi connectivity index (χ1) is 13.7. The Morgan fingerprint density at radius 2 is 1.82 bits per heavy atom. The molecule has 0 aliphatic rings. The molecule has 3 N–H and O–H groups in total. The van der Waals surface area contributed by atoms with Gasteiger partial charge in [0.15, 0.2) is 11.5 Å². The summed E-state index contributed by atoms with van der Waals surface area (Å²) in [5.74, 6) is 1.53. The van der Waals surface area contributed by atoms with Gasteiger partial charge in [-0.05, 0) is 49.1 Å². The molecule has 0 radical (unpaired) electrons. The molecule has 3 aromatic rings. The summed E-state index contributed by atoms with van der Waals surface area (Å²) in [6, 6.07) is 20.0. The van der Waals surface area contributed by atoms with Gasteiger partial charge in [0.1, 0.15) is 25.3 Å². The number of ether oxygens (including phenoxy) is 2. The predicted octanol–water partition coefficient (Wildman–Crippen LogP) is 3.91. The molecule has 0 fully saturated rings. The zero-order valence-electron chi connectivity index (χ0n) is 16.4. The largest absolute Gasteiger partial charge is 0.490 e. The standard InChI is InChI=1S/C23H27NO3S/c1-3-26-22-14-18(11-12-21(22)27-16-20-10-7-13-28-20)15-24-17(2)23(25)19-8-5-4-6-9-19/h4-14,17,23-25H,3,15-16H2,1-2H3/p+1/t17-,23-/m0/s1. The van der Waals surface area contributed by atoms with Crippen LogP contribution in [0.1, 0.15) is 36.0 Å². The first-order valence-corrected chi connectivity index (χ1v) is 10.5. The molecular formula is C23H28NO3S+. The van der Waals surface area contributed by atoms with Crippen molar-refractivity contribution in [3.05, 3.63) is 82.0 Å². The fourth-order valence-electron chi connectivity index (χ4n) is 3.02. The van der Waals surface area contributed by atoms with Crippen molar-refractivity contribution in [1.82, 2.24) is 0 Å². The van der Waals surface area contributed by atoms with E-state index in [9.17, 15) is 5.11 Å². The molecule has 2 aromatic carbocycles. The van der Waals surface area contributed by atoms with E-state index in [0.29, 0.717) is 13.2 Å². The van der Waals surface area contributed by atoms with Gasteiger partial charge in [-0.15, -0.1) is 11.3 Å². The highest BCUT2D eigenvalue weighted by molar-refractivity contribution is 7.09. The molecule has 0 aliphatic heterocycles. The van der Waals surface area contributed by atoms with Crippen LogP contribution < -0.4 is 14.8 Å². The lowest BCUT2D eigenvalue weighted by molar-refractivity contribution is -0.709. The summed E-state index contributed by atoms with van der Waals surface area (Å²) >= 11 is 1.68. The number of nitrogens with two attached hydrogens (primary N) is 1. The van der Waals surface area contributed by atoms with Gasteiger partial charge in [-0.2, -0.15) is 0 Å². The van der Waals surface area contributed by atoms with Gasteiger partial charge in [-0.25, -0.2) is 0 Å². The summed E-state index contributed by atoms with van der Waals surface area (Å²) in [5.41, 5.74) is 2.08. The van der Waals surface area contributed by atoms with Gasteiger partial charge in [-0.3, -0.25) is 0 Å². The molecule has 1 aromatic heterocycles. The third-order valence-corrected chi connectivity index (χ3v) is 5.47. The normalized spacial score (nSPS) is 13.1. The van der Waals surface area contributed by atoms with Crippen molar-refractivity contribution in [2.45, 2.75) is 39.1 Å². The second-order valence-corrected chi connectivity index (χ2v) is 7.77. The van der Waals surface area contributed by atoms with Crippen LogP contribution in [0.25, 0.3) is 0 Å². The zero-order valence-corrected chi connectivity index (χ0v) is 17.2. The van der Waals surface area contributed by atoms with E-state index in [4.69, 9.17) is 9.47 Å². The molecule has 0 aliphatic carbocycles. The molecule has 0 saturated carbocycles. The third kappa shape index (κ3) is 5.58. The van der Waals surface area contributed by atoms with Crippen LogP contribution in [0.2, 0.25) is 0 Å². The maximum Gasteiger partial charge on any atom is 0.161 e. The average Bonchev–Trinajstić information content (AvgIpc) is 3.25. The van der Waals surface area contributed by atoms with Crippen molar-refractivity contribution in [2.24, 2.45) is 0 Å². The van der Waals surface area contributed by atoms with Gasteiger partial charge in [0.05, 0.1) is 6.61 Å². The highest BCUT2D eigenvalue weighted by atomic mass is 32.1. The van der Waals surface area contributed by atoms with Crippen molar-refractivity contribution in [3.63, 3.8) is 0 Å². The van der Waals surface area contributed by atoms with Crippen LogP contribution in [0.3, 0.4) is 0 Å². The summed E-state index contributed by atoms with van der Waals surface area (Å²) in [6.45, 7) is 5.91. The molecule has 148 valence electrons. The van der Waals surface area contributed by atoms with Crippen LogP contribution in [0.4, 0.5) is 0 Å². The number of rotatable bonds is 10. The minimum Gasteiger partial charge on any atom is -0.490 e. The number of quaternary nitrogens is 1. The fourth-order valence-corrected chi connectivity index (χ4v) is 3.63. The van der Waals surface area contributed by atoms with Gasteiger partial charge in [0.25, 0.3) is 0 Å². The van der Waals surface area contributed by atoms with Crippen molar-refractivity contribution in [3.8, 4) is 11.5 Å². The van der Waals surface area contributed by atoms with Crippen LogP contribution in [-0.2, 0) is 13.2 Å². The molecule has 2 atom stereocenters. The molecular weight excluding hydrogens is 370 g/mol. The molecule has 3 rings (SSSR count). The summed E-state index contributed by atoms with van der Waals surface area (Å²) in [7, 11) is 0. The van der Waals surface area contributed by atoms with E-state index in [-0.39, 0.29) is 6.04 Å². The minimum absolute atomic E-state index is 0.0488. The Morgan fingerprint density at radius 3 is 2.54 bits per heavy atom. The number of aliphatic hydroxyl groups excluding tert-OH is 1. The average molecular weight is 399 g/mol. The van der Waals surface area contributed by atoms with E-state index in [1.54, 1.807) is 11.3 Å². The molecule has 4 nitrogen and oxygen atoms in total. The lowest BCUT2D eigenvalue weighted by Gasteiger charge is -2.18. The predicted molar refractivity (Wildman–Crippen MR) is 113 cm³/mol. The highest BCUT2D eigenvalue weighted by Gasteiger charge is 2.19. The number of hydrogen-bond donors (Lipinski definition) is 2. The first-order valence-electron chi connectivity index (χ1n) is 9.64. The van der Waals surface area contributed by atoms with Gasteiger partial charge in [0.2, 0.25) is 0 Å². The molecule has 0 bridgehead atoms. The van der Waals surface area contributed by atoms with E-state index in [1.807, 2.05) is 67.8 Å². The van der Waals surface area contributed by atoms with Crippen molar-refractivity contribution < 1.29 is 19.9 Å². The summed E-state index contributed by atoms with van der Waals surface area (Å²) in [4.78, 5) is 1.18. The number of aliphatic hydroxyl groups is 1. The highest BCUT2D eigenvalue weighted by Crippen LogP contribution is 2.29. The van der Waals surface area contributed by atoms with E-state index >= 15 is 0 Å². The van der Waals surface area contributed by atoms with Crippen LogP contribution in [0.15, 0.2) is 66.0 Å². The van der Waals surface area contributed by atoms with Gasteiger partial charge in [0, 0.05) is 10.4 Å². The van der Waals surface area contributed by atoms with Gasteiger partial charge in [-0.1, -0.05) is 36.4 Å². The third-order valence-electron chi connectivity index (χ3n) is 4.62. The SMILES string of the molecule is CCOc1cc(C[NH2+][C@@H](C)[C@H](O)c2ccccc2)ccc1OCc1cccs1. The molecule has 28 heavy (non-hydrogen) atoms. The maximum atomic E-state index is 10.5. The Balaban J connectivity index is 1.61. The van der Waals surface area contributed by atoms with E-state index < -0.39 is 6.10 Å². The molecule has 0 saturated heterocycles. The smallest absolute Gasteiger partial charge is 0.161 e. The van der Waals surface area contributed by atoms with Crippen LogP contribution in [0.5, 0.6) is 11.5 Å². The van der Waals surface area contributed by atoms with Gasteiger partial charge >= 0.3 is 0 Å². The summed E-state index contributed by atoms with van der Waals surface area (Å²) < 4.78 is 11.7. The Hall–Kier alpha value is -2.34. The van der Waals surface area contributed by atoms with Crippen molar-refractivity contribution >= 4 is 11.3 Å². The summed E-state index contributed by atoms with van der Waals surface area (Å²) in [5, 5.41) is 14.7. The molecule has 0 unspecified atom stereocenters. The molecule has 1 heterocycles. The van der Waals surface area contributed by atoms with Crippen LogP contribution in [-0.4, -0.2) is 17.8 Å². The van der Waals surface area contributed by atoms with E-state index in [2.05, 4.69) is 17.4 Å². The first kappa shape index (κ1) is 20.4. The number of thiophene rings is 1. The van der Waals surface area contributed by atoms with Crippen molar-refractivity contribution in [1.29, 1.82) is 0 Å². The van der Waals surface area contributed by atoms with E-state index in [0.717, 1.165) is 29.2 Å². The second kappa shape index (κ2) is 10.3. The lowest BCUT2D eigenvalue weighted by atomic mass is 10.0. The van der Waals surface area contributed by atoms with Crippen LogP contribution in [0, 0.1) is 0 Å². The summed E-state index contributed by atoms with van der Waals surface area (Å²) in [6.07, 6.45) is -0.499. The topological polar surface area (TPSA) is 55.3 Å². The number of hydrogen-bond acceptors (Lipinski definition) is 4. The molecule has 5 heteroatoms. The minimum atomic E-state index is -0.499. The number of benzene rings is 2. The van der Waals surface area contributed by atoms with Crippen molar-refractivity contribution in [2.75, 3.05) is 6.61 Å². The Kier molecular flexibility index (Phi) is 7.48. The quantitative estimate of drug-likeness (QED) is 0.544. The Bertz CT molecular complexity index is 836. The molecule has 0 amide bonds. The second-order valence-electron chi connectivity index (χ2n) is 6.74.